The second-order valence-electron chi connectivity index (χ2n) is 4.54. The van der Waals surface area contributed by atoms with Gasteiger partial charge >= 0.3 is 6.18 Å². The van der Waals surface area contributed by atoms with E-state index < -0.39 is 12.2 Å². The van der Waals surface area contributed by atoms with Crippen molar-refractivity contribution in [1.82, 2.24) is 4.90 Å². The van der Waals surface area contributed by atoms with Crippen LogP contribution in [0, 0.1) is 0 Å². The Kier molecular flexibility index (Phi) is 4.30. The first-order valence-electron chi connectivity index (χ1n) is 5.97. The van der Waals surface area contributed by atoms with Crippen molar-refractivity contribution in [2.24, 2.45) is 0 Å². The monoisotopic (exact) mass is 335 g/mol. The molecule has 1 aromatic carbocycles. The molecule has 2 nitrogen and oxygen atoms in total. The van der Waals surface area contributed by atoms with Gasteiger partial charge in [-0.15, -0.1) is 0 Å². The molecule has 0 aliphatic carbocycles. The van der Waals surface area contributed by atoms with E-state index in [0.29, 0.717) is 12.8 Å². The Balaban J connectivity index is 2.31. The van der Waals surface area contributed by atoms with Crippen LogP contribution in [0.25, 0.3) is 0 Å². The molecule has 2 atom stereocenters. The number of likely N-dealkylation sites (tertiary alicyclic amines) is 1. The number of halogens is 4. The van der Waals surface area contributed by atoms with E-state index in [9.17, 15) is 18.0 Å². The quantitative estimate of drug-likeness (QED) is 0.785. The Morgan fingerprint density at radius 1 is 1.37 bits per heavy atom. The molecule has 1 saturated heterocycles. The van der Waals surface area contributed by atoms with Crippen LogP contribution in [-0.2, 0) is 4.79 Å². The summed E-state index contributed by atoms with van der Waals surface area (Å²) in [6, 6.07) is 4.81. The first-order valence-corrected chi connectivity index (χ1v) is 6.76. The lowest BCUT2D eigenvalue weighted by Gasteiger charge is -2.31. The highest BCUT2D eigenvalue weighted by Gasteiger charge is 2.47. The highest BCUT2D eigenvalue weighted by atomic mass is 79.9. The molecule has 1 fully saturated rings. The molecule has 1 aromatic rings. The molecule has 1 heterocycles. The van der Waals surface area contributed by atoms with Crippen LogP contribution < -0.4 is 0 Å². The first-order chi connectivity index (χ1) is 8.95. The average Bonchev–Trinajstić information content (AvgIpc) is 2.77. The molecule has 0 radical (unpaired) electrons. The maximum atomic E-state index is 12.9. The van der Waals surface area contributed by atoms with E-state index in [1.807, 2.05) is 6.07 Å². The summed E-state index contributed by atoms with van der Waals surface area (Å²) >= 11 is 3.36. The van der Waals surface area contributed by atoms with Gasteiger partial charge in [0, 0.05) is 10.5 Å². The fourth-order valence-electron chi connectivity index (χ4n) is 2.54. The van der Waals surface area contributed by atoms with Crippen molar-refractivity contribution >= 4 is 22.2 Å². The Labute approximate surface area is 117 Å². The van der Waals surface area contributed by atoms with Crippen molar-refractivity contribution in [3.63, 3.8) is 0 Å². The number of hydrogen-bond donors (Lipinski definition) is 0. The van der Waals surface area contributed by atoms with E-state index in [1.165, 1.54) is 4.90 Å². The maximum Gasteiger partial charge on any atom is 0.410 e. The Morgan fingerprint density at radius 3 is 2.63 bits per heavy atom. The molecule has 1 aliphatic rings. The van der Waals surface area contributed by atoms with Gasteiger partial charge < -0.3 is 4.79 Å². The van der Waals surface area contributed by atoms with Crippen LogP contribution in [0.1, 0.15) is 24.4 Å². The maximum absolute atomic E-state index is 12.9. The molecular formula is C13H13BrF3NO. The van der Waals surface area contributed by atoms with E-state index in [-0.39, 0.29) is 18.9 Å². The summed E-state index contributed by atoms with van der Waals surface area (Å²) in [5.74, 6) is 0. The van der Waals surface area contributed by atoms with Gasteiger partial charge in [-0.1, -0.05) is 34.1 Å². The Morgan fingerprint density at radius 2 is 2.05 bits per heavy atom. The largest absolute Gasteiger partial charge is 0.410 e. The zero-order valence-electron chi connectivity index (χ0n) is 10.0. The molecule has 0 saturated carbocycles. The van der Waals surface area contributed by atoms with Crippen molar-refractivity contribution in [3.8, 4) is 0 Å². The number of carbonyl (C=O) groups excluding carboxylic acids is 1. The van der Waals surface area contributed by atoms with E-state index in [0.717, 1.165) is 10.0 Å². The van der Waals surface area contributed by atoms with Gasteiger partial charge in [-0.25, -0.2) is 0 Å². The fourth-order valence-corrected chi connectivity index (χ4v) is 3.09. The molecular weight excluding hydrogens is 323 g/mol. The van der Waals surface area contributed by atoms with Crippen LogP contribution in [0.15, 0.2) is 28.7 Å². The summed E-state index contributed by atoms with van der Waals surface area (Å²) in [6.07, 6.45) is -3.24. The average molecular weight is 336 g/mol. The lowest BCUT2D eigenvalue weighted by Crippen LogP contribution is -2.46. The van der Waals surface area contributed by atoms with Crippen LogP contribution in [0.3, 0.4) is 0 Å². The molecule has 0 spiro atoms. The number of nitrogens with zero attached hydrogens (tertiary/aromatic N) is 1. The zero-order valence-corrected chi connectivity index (χ0v) is 11.6. The van der Waals surface area contributed by atoms with Crippen molar-refractivity contribution < 1.29 is 18.0 Å². The highest BCUT2D eigenvalue weighted by Crippen LogP contribution is 2.39. The Bertz CT molecular complexity index is 463. The predicted octanol–water partition coefficient (Wildman–Crippen LogP) is 3.72. The van der Waals surface area contributed by atoms with Crippen molar-refractivity contribution in [2.45, 2.75) is 31.1 Å². The summed E-state index contributed by atoms with van der Waals surface area (Å²) in [7, 11) is 0. The third kappa shape index (κ3) is 3.00. The van der Waals surface area contributed by atoms with Crippen LogP contribution in [0.4, 0.5) is 13.2 Å². The fraction of sp³-hybridized carbons (Fsp3) is 0.462. The minimum atomic E-state index is -4.52. The second kappa shape index (κ2) is 5.63. The molecule has 0 aromatic heterocycles. The standard InChI is InChI=1S/C13H13BrF3NO/c14-10-5-2-1-4-9(10)11-6-3-7-18(11)12(8-19)13(15,16)17/h1-2,4-5,8,11-12H,3,6-7H2/t11?,12-/m1/s1. The minimum Gasteiger partial charge on any atom is -0.301 e. The van der Waals surface area contributed by atoms with E-state index >= 15 is 0 Å². The van der Waals surface area contributed by atoms with Crippen molar-refractivity contribution in [3.05, 3.63) is 34.3 Å². The normalized spacial score (nSPS) is 22.4. The molecule has 1 aliphatic heterocycles. The zero-order chi connectivity index (χ0) is 14.0. The Hall–Kier alpha value is -0.880. The smallest absolute Gasteiger partial charge is 0.301 e. The number of benzene rings is 1. The molecule has 0 amide bonds. The molecule has 2 rings (SSSR count). The molecule has 0 bridgehead atoms. The summed E-state index contributed by atoms with van der Waals surface area (Å²) in [6.45, 7) is 0.287. The van der Waals surface area contributed by atoms with Gasteiger partial charge in [0.25, 0.3) is 0 Å². The third-order valence-electron chi connectivity index (χ3n) is 3.38. The van der Waals surface area contributed by atoms with Crippen LogP contribution in [0.5, 0.6) is 0 Å². The number of hydrogen-bond acceptors (Lipinski definition) is 2. The van der Waals surface area contributed by atoms with Gasteiger partial charge in [-0.3, -0.25) is 4.90 Å². The van der Waals surface area contributed by atoms with Gasteiger partial charge in [0.2, 0.25) is 0 Å². The number of carbonyl (C=O) groups is 1. The summed E-state index contributed by atoms with van der Waals surface area (Å²) < 4.78 is 39.4. The van der Waals surface area contributed by atoms with Crippen molar-refractivity contribution in [2.75, 3.05) is 6.54 Å². The minimum absolute atomic E-state index is 0.00480. The van der Waals surface area contributed by atoms with Gasteiger partial charge in [-0.05, 0) is 31.0 Å². The van der Waals surface area contributed by atoms with Gasteiger partial charge in [0.1, 0.15) is 6.29 Å². The van der Waals surface area contributed by atoms with Gasteiger partial charge in [0.05, 0.1) is 0 Å². The SMILES string of the molecule is O=C[C@@H](N1CCCC1c1ccccc1Br)C(F)(F)F. The summed E-state index contributed by atoms with van der Waals surface area (Å²) in [4.78, 5) is 12.1. The second-order valence-corrected chi connectivity index (χ2v) is 5.39. The lowest BCUT2D eigenvalue weighted by atomic mass is 10.0. The summed E-state index contributed by atoms with van der Waals surface area (Å²) in [5, 5.41) is 0. The van der Waals surface area contributed by atoms with E-state index in [2.05, 4.69) is 15.9 Å². The van der Waals surface area contributed by atoms with Crippen LogP contribution >= 0.6 is 15.9 Å². The van der Waals surface area contributed by atoms with Gasteiger partial charge in [0.15, 0.2) is 6.04 Å². The summed E-state index contributed by atoms with van der Waals surface area (Å²) in [5.41, 5.74) is 0.802. The lowest BCUT2D eigenvalue weighted by molar-refractivity contribution is -0.183. The molecule has 6 heteroatoms. The molecule has 0 N–H and O–H groups in total. The molecule has 19 heavy (non-hydrogen) atoms. The van der Waals surface area contributed by atoms with Crippen LogP contribution in [-0.4, -0.2) is 29.9 Å². The van der Waals surface area contributed by atoms with Gasteiger partial charge in [-0.2, -0.15) is 13.2 Å². The van der Waals surface area contributed by atoms with Crippen molar-refractivity contribution in [1.29, 1.82) is 0 Å². The van der Waals surface area contributed by atoms with Crippen LogP contribution in [0.2, 0.25) is 0 Å². The number of rotatable bonds is 3. The number of aldehydes is 1. The number of alkyl halides is 3. The third-order valence-corrected chi connectivity index (χ3v) is 4.10. The highest BCUT2D eigenvalue weighted by molar-refractivity contribution is 9.10. The van der Waals surface area contributed by atoms with E-state index in [1.54, 1.807) is 18.2 Å². The molecule has 104 valence electrons. The van der Waals surface area contributed by atoms with E-state index in [4.69, 9.17) is 0 Å². The predicted molar refractivity (Wildman–Crippen MR) is 68.7 cm³/mol. The molecule has 1 unspecified atom stereocenters. The first kappa shape index (κ1) is 14.5. The topological polar surface area (TPSA) is 20.3 Å².